The number of anilines is 1. The van der Waals surface area contributed by atoms with Crippen molar-refractivity contribution in [2.45, 2.75) is 58.4 Å². The fourth-order valence-corrected chi connectivity index (χ4v) is 5.11. The van der Waals surface area contributed by atoms with Crippen molar-refractivity contribution in [3.05, 3.63) is 54.1 Å². The topological polar surface area (TPSA) is 146 Å². The molecule has 38 heavy (non-hydrogen) atoms. The Morgan fingerprint density at radius 3 is 2.55 bits per heavy atom. The maximum atomic E-state index is 13.0. The number of carbonyl (C=O) groups excluding carboxylic acids is 2. The van der Waals surface area contributed by atoms with Crippen LogP contribution in [0.15, 0.2) is 48.6 Å². The minimum absolute atomic E-state index is 0.00493. The van der Waals surface area contributed by atoms with E-state index in [2.05, 4.69) is 10.00 Å². The first-order valence-corrected chi connectivity index (χ1v) is 13.3. The average Bonchev–Trinajstić information content (AvgIpc) is 3.36. The molecule has 0 atom stereocenters. The third kappa shape index (κ3) is 6.55. The lowest BCUT2D eigenvalue weighted by Gasteiger charge is -2.39. The number of nitrogens with two attached hydrogens (primary N) is 3. The number of piperazine rings is 1. The van der Waals surface area contributed by atoms with Crippen LogP contribution >= 0.6 is 0 Å². The molecule has 10 heteroatoms. The highest BCUT2D eigenvalue weighted by Crippen LogP contribution is 2.28. The highest BCUT2D eigenvalue weighted by Gasteiger charge is 2.31. The summed E-state index contributed by atoms with van der Waals surface area (Å²) in [5, 5.41) is 4.41. The number of aromatic nitrogens is 2. The number of esters is 1. The number of nitrogens with zero attached hydrogens (tertiary/aromatic N) is 4. The summed E-state index contributed by atoms with van der Waals surface area (Å²) in [6.45, 7) is 5.75. The van der Waals surface area contributed by atoms with E-state index in [1.807, 2.05) is 13.8 Å². The monoisotopic (exact) mass is 521 g/mol. The van der Waals surface area contributed by atoms with Gasteiger partial charge in [0.1, 0.15) is 17.3 Å². The Morgan fingerprint density at radius 2 is 1.87 bits per heavy atom. The number of carbonyl (C=O) groups is 2. The lowest BCUT2D eigenvalue weighted by Crippen LogP contribution is -2.54. The van der Waals surface area contributed by atoms with Gasteiger partial charge in [0.25, 0.3) is 0 Å². The van der Waals surface area contributed by atoms with Gasteiger partial charge in [0.15, 0.2) is 0 Å². The Morgan fingerprint density at radius 1 is 1.13 bits per heavy atom. The molecule has 4 rings (SSSR count). The van der Waals surface area contributed by atoms with E-state index in [4.69, 9.17) is 21.9 Å². The molecule has 0 unspecified atom stereocenters. The van der Waals surface area contributed by atoms with Gasteiger partial charge in [0, 0.05) is 36.8 Å². The first-order chi connectivity index (χ1) is 18.2. The molecule has 2 aliphatic rings. The molecule has 1 aromatic heterocycles. The van der Waals surface area contributed by atoms with E-state index in [1.54, 1.807) is 47.6 Å². The summed E-state index contributed by atoms with van der Waals surface area (Å²) in [5.74, 6) is 0.249. The van der Waals surface area contributed by atoms with Crippen molar-refractivity contribution >= 4 is 29.0 Å². The maximum Gasteiger partial charge on any atom is 0.311 e. The molecule has 10 nitrogen and oxygen atoms in total. The quantitative estimate of drug-likeness (QED) is 0.273. The molecule has 2 heterocycles. The molecule has 1 amide bonds. The predicted molar refractivity (Wildman–Crippen MR) is 148 cm³/mol. The fourth-order valence-electron chi connectivity index (χ4n) is 5.11. The number of hydrogen-bond acceptors (Lipinski definition) is 8. The van der Waals surface area contributed by atoms with Crippen molar-refractivity contribution in [2.24, 2.45) is 23.1 Å². The SMILES string of the molecule is CC(C)CC(=O)Oc1ccccc1/C(N)=C/C(=C(N)N)n1cc(N2CCN(C3CCCCC3)CC2=O)cn1. The van der Waals surface area contributed by atoms with Crippen LogP contribution in [0.1, 0.15) is 57.9 Å². The van der Waals surface area contributed by atoms with Crippen molar-refractivity contribution in [1.82, 2.24) is 14.7 Å². The molecule has 1 aliphatic heterocycles. The number of hydrogen-bond donors (Lipinski definition) is 3. The third-order valence-electron chi connectivity index (χ3n) is 7.05. The van der Waals surface area contributed by atoms with Crippen LogP contribution in [-0.4, -0.2) is 52.2 Å². The molecule has 204 valence electrons. The first-order valence-electron chi connectivity index (χ1n) is 13.3. The first kappa shape index (κ1) is 27.3. The highest BCUT2D eigenvalue weighted by atomic mass is 16.5. The van der Waals surface area contributed by atoms with E-state index in [0.717, 1.165) is 6.54 Å². The van der Waals surface area contributed by atoms with Crippen LogP contribution in [0, 0.1) is 5.92 Å². The van der Waals surface area contributed by atoms with Gasteiger partial charge in [-0.2, -0.15) is 5.10 Å². The van der Waals surface area contributed by atoms with E-state index in [1.165, 1.54) is 36.8 Å². The molecule has 2 fully saturated rings. The predicted octanol–water partition coefficient (Wildman–Crippen LogP) is 2.86. The van der Waals surface area contributed by atoms with Crippen LogP contribution < -0.4 is 26.8 Å². The second-order valence-corrected chi connectivity index (χ2v) is 10.5. The van der Waals surface area contributed by atoms with Gasteiger partial charge >= 0.3 is 5.97 Å². The molecule has 2 aromatic rings. The molecule has 6 N–H and O–H groups in total. The molecule has 0 radical (unpaired) electrons. The minimum Gasteiger partial charge on any atom is -0.426 e. The average molecular weight is 522 g/mol. The second-order valence-electron chi connectivity index (χ2n) is 10.5. The van der Waals surface area contributed by atoms with Gasteiger partial charge in [-0.15, -0.1) is 0 Å². The second kappa shape index (κ2) is 12.2. The summed E-state index contributed by atoms with van der Waals surface area (Å²) >= 11 is 0. The number of ether oxygens (including phenoxy) is 1. The van der Waals surface area contributed by atoms with Gasteiger partial charge < -0.3 is 26.8 Å². The van der Waals surface area contributed by atoms with E-state index in [0.29, 0.717) is 53.9 Å². The number of para-hydroxylation sites is 1. The van der Waals surface area contributed by atoms with Crippen LogP contribution in [0.4, 0.5) is 5.69 Å². The van der Waals surface area contributed by atoms with Gasteiger partial charge in [-0.1, -0.05) is 45.2 Å². The zero-order valence-corrected chi connectivity index (χ0v) is 22.3. The number of amides is 1. The van der Waals surface area contributed by atoms with Crippen molar-refractivity contribution in [1.29, 1.82) is 0 Å². The summed E-state index contributed by atoms with van der Waals surface area (Å²) in [6.07, 6.45) is 11.3. The zero-order valence-electron chi connectivity index (χ0n) is 22.3. The van der Waals surface area contributed by atoms with E-state index >= 15 is 0 Å². The van der Waals surface area contributed by atoms with Crippen LogP contribution in [0.25, 0.3) is 11.4 Å². The molecule has 1 saturated carbocycles. The molecule has 0 spiro atoms. The number of rotatable bonds is 8. The van der Waals surface area contributed by atoms with Gasteiger partial charge in [-0.3, -0.25) is 14.5 Å². The van der Waals surface area contributed by atoms with E-state index < -0.39 is 0 Å². The van der Waals surface area contributed by atoms with Gasteiger partial charge in [-0.05, 0) is 37.0 Å². The highest BCUT2D eigenvalue weighted by molar-refractivity contribution is 5.95. The summed E-state index contributed by atoms with van der Waals surface area (Å²) in [5.41, 5.74) is 20.3. The Balaban J connectivity index is 1.50. The minimum atomic E-state index is -0.334. The van der Waals surface area contributed by atoms with Crippen molar-refractivity contribution < 1.29 is 14.3 Å². The summed E-state index contributed by atoms with van der Waals surface area (Å²) in [7, 11) is 0. The van der Waals surface area contributed by atoms with Gasteiger partial charge in [0.05, 0.1) is 24.6 Å². The molecule has 1 saturated heterocycles. The van der Waals surface area contributed by atoms with Crippen LogP contribution in [-0.2, 0) is 9.59 Å². The number of allylic oxidation sites excluding steroid dienone is 2. The Kier molecular flexibility index (Phi) is 8.73. The maximum absolute atomic E-state index is 13.0. The van der Waals surface area contributed by atoms with E-state index in [-0.39, 0.29) is 23.6 Å². The molecular weight excluding hydrogens is 482 g/mol. The molecule has 1 aliphatic carbocycles. The Hall–Kier alpha value is -3.79. The summed E-state index contributed by atoms with van der Waals surface area (Å²) in [4.78, 5) is 29.4. The van der Waals surface area contributed by atoms with Gasteiger partial charge in [-0.25, -0.2) is 4.68 Å². The van der Waals surface area contributed by atoms with Crippen molar-refractivity contribution in [3.63, 3.8) is 0 Å². The summed E-state index contributed by atoms with van der Waals surface area (Å²) < 4.78 is 7.07. The number of benzene rings is 1. The largest absolute Gasteiger partial charge is 0.426 e. The third-order valence-corrected chi connectivity index (χ3v) is 7.05. The van der Waals surface area contributed by atoms with Gasteiger partial charge in [0.2, 0.25) is 5.91 Å². The molecular formula is C28H39N7O3. The standard InChI is InChI=1S/C28H39N7O3/c1-19(2)14-27(37)38-25-11-7-6-10-22(25)23(29)15-24(28(30)31)35-17-21(16-32-35)34-13-12-33(18-26(34)36)20-8-4-3-5-9-20/h6-7,10-11,15-17,19-20H,3-5,8-9,12-14,18,29-31H2,1-2H3/b23-15-. The Labute approximate surface area is 224 Å². The van der Waals surface area contributed by atoms with Crippen molar-refractivity contribution in [3.8, 4) is 5.75 Å². The summed E-state index contributed by atoms with van der Waals surface area (Å²) in [6, 6.07) is 7.52. The van der Waals surface area contributed by atoms with E-state index in [9.17, 15) is 9.59 Å². The lowest BCUT2D eigenvalue weighted by atomic mass is 9.94. The zero-order chi connectivity index (χ0) is 27.2. The van der Waals surface area contributed by atoms with Crippen molar-refractivity contribution in [2.75, 3.05) is 24.5 Å². The molecule has 1 aromatic carbocycles. The fraction of sp³-hybridized carbons (Fsp3) is 0.464. The molecule has 0 bridgehead atoms. The Bertz CT molecular complexity index is 1210. The lowest BCUT2D eigenvalue weighted by molar-refractivity contribution is -0.135. The van der Waals surface area contributed by atoms with Crippen LogP contribution in [0.3, 0.4) is 0 Å². The normalized spacial score (nSPS) is 17.6. The smallest absolute Gasteiger partial charge is 0.311 e. The van der Waals surface area contributed by atoms with Crippen LogP contribution in [0.2, 0.25) is 0 Å². The van der Waals surface area contributed by atoms with Crippen LogP contribution in [0.5, 0.6) is 5.75 Å².